The lowest BCUT2D eigenvalue weighted by Crippen LogP contribution is -2.50. The van der Waals surface area contributed by atoms with Gasteiger partial charge in [0.15, 0.2) is 5.82 Å². The van der Waals surface area contributed by atoms with Gasteiger partial charge in [-0.25, -0.2) is 13.6 Å². The van der Waals surface area contributed by atoms with Gasteiger partial charge in [0.05, 0.1) is 17.2 Å². The lowest BCUT2D eigenvalue weighted by atomic mass is 9.94. The highest BCUT2D eigenvalue weighted by Gasteiger charge is 2.73. The Balaban J connectivity index is 1.69. The molecule has 0 saturated heterocycles. The molecular weight excluding hydrogens is 775 g/mol. The van der Waals surface area contributed by atoms with E-state index in [9.17, 15) is 45.1 Å². The molecule has 0 atom stereocenters. The molecule has 0 radical (unpaired) electrons. The van der Waals surface area contributed by atoms with Crippen LogP contribution in [0.15, 0.2) is 65.1 Å². The third-order valence-corrected chi connectivity index (χ3v) is 7.67. The van der Waals surface area contributed by atoms with Crippen LogP contribution < -0.4 is 10.4 Å². The molecule has 0 spiro atoms. The van der Waals surface area contributed by atoms with E-state index >= 15 is 4.39 Å². The molecule has 0 aliphatic heterocycles. The van der Waals surface area contributed by atoms with Crippen molar-refractivity contribution in [1.82, 2.24) is 0 Å². The van der Waals surface area contributed by atoms with Gasteiger partial charge in [-0.05, 0) is 87.8 Å². The molecule has 1 aliphatic rings. The van der Waals surface area contributed by atoms with E-state index in [4.69, 9.17) is 4.84 Å². The predicted molar refractivity (Wildman–Crippen MR) is 148 cm³/mol. The zero-order chi connectivity index (χ0) is 31.9. The molecule has 0 unspecified atom stereocenters. The molecule has 0 aromatic heterocycles. The number of rotatable bonds is 6. The van der Waals surface area contributed by atoms with Gasteiger partial charge in [-0.2, -0.15) is 26.3 Å². The number of nitrogens with one attached hydrogen (secondary N) is 1. The van der Waals surface area contributed by atoms with Gasteiger partial charge in [-0.3, -0.25) is 9.59 Å². The van der Waals surface area contributed by atoms with Crippen LogP contribution in [-0.2, 0) is 15.3 Å². The molecular formula is C27H16BrF8IN2O4. The van der Waals surface area contributed by atoms with E-state index in [1.165, 1.54) is 46.9 Å². The summed E-state index contributed by atoms with van der Waals surface area (Å²) < 4.78 is 109. The van der Waals surface area contributed by atoms with Crippen LogP contribution >= 0.6 is 38.5 Å². The van der Waals surface area contributed by atoms with Crippen LogP contribution in [0, 0.1) is 15.3 Å². The minimum atomic E-state index is -6.37. The summed E-state index contributed by atoms with van der Waals surface area (Å²) in [4.78, 5) is 43.8. The van der Waals surface area contributed by atoms with Crippen LogP contribution in [0.1, 0.15) is 39.1 Å². The van der Waals surface area contributed by atoms with Crippen molar-refractivity contribution in [2.24, 2.45) is 5.92 Å². The molecule has 0 bridgehead atoms. The summed E-state index contributed by atoms with van der Waals surface area (Å²) in [6, 6.07) is 11.0. The maximum absolute atomic E-state index is 15.7. The van der Waals surface area contributed by atoms with Gasteiger partial charge < -0.3 is 10.2 Å². The van der Waals surface area contributed by atoms with Crippen LogP contribution in [0.4, 0.5) is 46.5 Å². The van der Waals surface area contributed by atoms with Crippen molar-refractivity contribution < 1.29 is 54.3 Å². The smallest absolute Gasteiger partial charge is 0.332 e. The van der Waals surface area contributed by atoms with E-state index in [1.807, 2.05) is 0 Å². The van der Waals surface area contributed by atoms with Crippen molar-refractivity contribution >= 4 is 67.7 Å². The number of halogens is 10. The van der Waals surface area contributed by atoms with E-state index in [-0.39, 0.29) is 17.7 Å². The number of alkyl halides is 7. The Labute approximate surface area is 259 Å². The molecule has 1 aliphatic carbocycles. The fraction of sp³-hybridized carbons (Fsp3) is 0.222. The highest BCUT2D eigenvalue weighted by atomic mass is 127. The summed E-state index contributed by atoms with van der Waals surface area (Å²) in [5.41, 5.74) is -9.27. The van der Waals surface area contributed by atoms with Crippen LogP contribution in [0.25, 0.3) is 0 Å². The van der Waals surface area contributed by atoms with Crippen LogP contribution in [-0.4, -0.2) is 30.1 Å². The molecule has 16 heteroatoms. The number of hydrogen-bond donors (Lipinski definition) is 1. The molecule has 4 rings (SSSR count). The molecule has 1 fully saturated rings. The highest BCUT2D eigenvalue weighted by molar-refractivity contribution is 14.1. The van der Waals surface area contributed by atoms with Gasteiger partial charge in [0.2, 0.25) is 0 Å². The lowest BCUT2D eigenvalue weighted by Gasteiger charge is -2.31. The van der Waals surface area contributed by atoms with E-state index < -0.39 is 78.1 Å². The van der Waals surface area contributed by atoms with Crippen LogP contribution in [0.3, 0.4) is 0 Å². The lowest BCUT2D eigenvalue weighted by molar-refractivity contribution is -0.348. The predicted octanol–water partition coefficient (Wildman–Crippen LogP) is 8.25. The first-order valence-corrected chi connectivity index (χ1v) is 13.9. The molecule has 6 nitrogen and oxygen atoms in total. The molecule has 1 N–H and O–H groups in total. The quantitative estimate of drug-likeness (QED) is 0.155. The summed E-state index contributed by atoms with van der Waals surface area (Å²) in [5.74, 6) is -4.83. The second-order valence-electron chi connectivity index (χ2n) is 9.21. The Kier molecular flexibility index (Phi) is 9.12. The summed E-state index contributed by atoms with van der Waals surface area (Å²) in [5, 5.41) is 2.55. The topological polar surface area (TPSA) is 75.7 Å². The first-order valence-electron chi connectivity index (χ1n) is 12.0. The minimum absolute atomic E-state index is 0.0144. The normalized spacial score (nSPS) is 13.8. The molecule has 3 aromatic carbocycles. The fourth-order valence-electron chi connectivity index (χ4n) is 3.79. The second kappa shape index (κ2) is 12.0. The first-order chi connectivity index (χ1) is 20.0. The summed E-state index contributed by atoms with van der Waals surface area (Å²) in [6.45, 7) is 0. The highest BCUT2D eigenvalue weighted by Crippen LogP contribution is 2.54. The van der Waals surface area contributed by atoms with Crippen molar-refractivity contribution in [2.45, 2.75) is 30.9 Å². The Hall–Kier alpha value is -3.28. The monoisotopic (exact) mass is 790 g/mol. The molecule has 43 heavy (non-hydrogen) atoms. The van der Waals surface area contributed by atoms with Crippen molar-refractivity contribution in [1.29, 1.82) is 0 Å². The largest absolute Gasteiger partial charge is 0.435 e. The second-order valence-corrected chi connectivity index (χ2v) is 11.2. The van der Waals surface area contributed by atoms with Gasteiger partial charge in [0, 0.05) is 19.2 Å². The number of benzene rings is 3. The molecule has 2 amide bonds. The Bertz CT molecular complexity index is 1540. The van der Waals surface area contributed by atoms with Gasteiger partial charge in [-0.1, -0.05) is 24.3 Å². The van der Waals surface area contributed by atoms with Crippen molar-refractivity contribution in [3.63, 3.8) is 0 Å². The van der Waals surface area contributed by atoms with E-state index in [0.29, 0.717) is 17.9 Å². The maximum atomic E-state index is 15.7. The number of carbonyl (C=O) groups excluding carboxylic acids is 3. The molecule has 228 valence electrons. The van der Waals surface area contributed by atoms with Gasteiger partial charge >= 0.3 is 24.0 Å². The molecule has 0 heterocycles. The first kappa shape index (κ1) is 32.6. The standard InChI is InChI=1S/C27H16BrF8IN2O4/c28-17-11-15(25(30,26(31,32)33)27(34,35)36)12-18(37)21(17)38-22(40)16-7-4-8-19(20(16)29)39(43-24(42)14-9-10-14)23(41)13-5-2-1-3-6-13/h1-8,11-12,14H,9-10H2,(H,38,40). The molecule has 3 aromatic rings. The van der Waals surface area contributed by atoms with E-state index in [1.54, 1.807) is 6.07 Å². The Morgan fingerprint density at radius 2 is 1.51 bits per heavy atom. The zero-order valence-electron chi connectivity index (χ0n) is 21.1. The van der Waals surface area contributed by atoms with Crippen LogP contribution in [0.2, 0.25) is 0 Å². The van der Waals surface area contributed by atoms with Gasteiger partial charge in [0.1, 0.15) is 5.69 Å². The summed E-state index contributed by atoms with van der Waals surface area (Å²) in [7, 11) is 0. The summed E-state index contributed by atoms with van der Waals surface area (Å²) in [6.07, 6.45) is -11.7. The van der Waals surface area contributed by atoms with E-state index in [2.05, 4.69) is 21.2 Å². The van der Waals surface area contributed by atoms with Crippen molar-refractivity contribution in [3.8, 4) is 0 Å². The van der Waals surface area contributed by atoms with Crippen molar-refractivity contribution in [3.05, 3.63) is 91.2 Å². The number of anilines is 2. The average molecular weight is 791 g/mol. The average Bonchev–Trinajstić information content (AvgIpc) is 3.78. The fourth-order valence-corrected chi connectivity index (χ4v) is 5.48. The SMILES string of the molecule is O=C(Nc1c(Br)cc(C(F)(C(F)(F)F)C(F)(F)F)cc1I)c1cccc(N(OC(=O)C2CC2)C(=O)c2ccccc2)c1F. The Morgan fingerprint density at radius 1 is 0.907 bits per heavy atom. The van der Waals surface area contributed by atoms with E-state index in [0.717, 1.165) is 18.2 Å². The third-order valence-electron chi connectivity index (χ3n) is 6.20. The number of amides is 2. The van der Waals surface area contributed by atoms with Gasteiger partial charge in [-0.15, -0.1) is 5.06 Å². The number of hydroxylamine groups is 1. The number of nitrogens with zero attached hydrogens (tertiary/aromatic N) is 1. The zero-order valence-corrected chi connectivity index (χ0v) is 24.9. The van der Waals surface area contributed by atoms with Crippen LogP contribution in [0.5, 0.6) is 0 Å². The minimum Gasteiger partial charge on any atom is -0.332 e. The maximum Gasteiger partial charge on any atom is 0.435 e. The number of carbonyl (C=O) groups is 3. The molecule has 1 saturated carbocycles. The van der Waals surface area contributed by atoms with Crippen molar-refractivity contribution in [2.75, 3.05) is 10.4 Å². The van der Waals surface area contributed by atoms with Gasteiger partial charge in [0.25, 0.3) is 11.8 Å². The summed E-state index contributed by atoms with van der Waals surface area (Å²) >= 11 is 4.02. The Morgan fingerprint density at radius 3 is 2.05 bits per heavy atom. The third kappa shape index (κ3) is 6.49. The number of hydrogen-bond acceptors (Lipinski definition) is 4.